The lowest BCUT2D eigenvalue weighted by Crippen LogP contribution is -2.33. The first kappa shape index (κ1) is 10.1. The van der Waals surface area contributed by atoms with Crippen LogP contribution >= 0.6 is 0 Å². The van der Waals surface area contributed by atoms with E-state index in [9.17, 15) is 4.79 Å². The maximum absolute atomic E-state index is 11.1. The first-order valence-electron chi connectivity index (χ1n) is 5.11. The second-order valence-electron chi connectivity index (χ2n) is 3.74. The number of nitrogens with zero attached hydrogens (tertiary/aromatic N) is 2. The third kappa shape index (κ3) is 2.33. The van der Waals surface area contributed by atoms with Gasteiger partial charge in [0.05, 0.1) is 18.5 Å². The van der Waals surface area contributed by atoms with Gasteiger partial charge in [0.15, 0.2) is 0 Å². The maximum Gasteiger partial charge on any atom is 0.136 e. The summed E-state index contributed by atoms with van der Waals surface area (Å²) in [6.45, 7) is 1.53. The van der Waals surface area contributed by atoms with Crippen LogP contribution in [0, 0.1) is 0 Å². The van der Waals surface area contributed by atoms with Crippen molar-refractivity contribution >= 4 is 11.5 Å². The number of aliphatic hydroxyl groups is 1. The Balaban J connectivity index is 2.11. The molecule has 4 nitrogen and oxygen atoms in total. The highest BCUT2D eigenvalue weighted by Crippen LogP contribution is 2.18. The smallest absolute Gasteiger partial charge is 0.136 e. The minimum atomic E-state index is 0.00755. The van der Waals surface area contributed by atoms with Gasteiger partial charge in [0.2, 0.25) is 0 Å². The summed E-state index contributed by atoms with van der Waals surface area (Å²) in [6, 6.07) is 1.92. The zero-order valence-electron chi connectivity index (χ0n) is 8.52. The average Bonchev–Trinajstić information content (AvgIpc) is 2.30. The number of piperidine rings is 1. The van der Waals surface area contributed by atoms with E-state index in [1.165, 1.54) is 0 Å². The fourth-order valence-electron chi connectivity index (χ4n) is 1.75. The number of hydrogen-bond acceptors (Lipinski definition) is 4. The highest BCUT2D eigenvalue weighted by molar-refractivity contribution is 5.81. The fourth-order valence-corrected chi connectivity index (χ4v) is 1.75. The lowest BCUT2D eigenvalue weighted by molar-refractivity contribution is -0.119. The molecule has 1 aliphatic rings. The standard InChI is InChI=1S/C11H14N2O2/c14-8-9-5-10(7-12-6-9)13-3-1-11(15)2-4-13/h5-7,14H,1-4,8H2. The molecule has 2 rings (SSSR count). The van der Waals surface area contributed by atoms with E-state index in [-0.39, 0.29) is 6.61 Å². The fraction of sp³-hybridized carbons (Fsp3) is 0.455. The van der Waals surface area contributed by atoms with Crippen LogP contribution in [0.15, 0.2) is 18.5 Å². The van der Waals surface area contributed by atoms with Gasteiger partial charge in [-0.25, -0.2) is 0 Å². The molecular formula is C11H14N2O2. The maximum atomic E-state index is 11.1. The Kier molecular flexibility index (Phi) is 2.97. The van der Waals surface area contributed by atoms with E-state index in [1.807, 2.05) is 6.07 Å². The Morgan fingerprint density at radius 2 is 2.07 bits per heavy atom. The van der Waals surface area contributed by atoms with E-state index in [0.29, 0.717) is 18.6 Å². The normalized spacial score (nSPS) is 16.9. The van der Waals surface area contributed by atoms with Crippen molar-refractivity contribution in [1.82, 2.24) is 4.98 Å². The average molecular weight is 206 g/mol. The number of rotatable bonds is 2. The predicted octanol–water partition coefficient (Wildman–Crippen LogP) is 0.743. The van der Waals surface area contributed by atoms with Crippen LogP contribution in [-0.2, 0) is 11.4 Å². The molecule has 0 atom stereocenters. The molecular weight excluding hydrogens is 192 g/mol. The summed E-state index contributed by atoms with van der Waals surface area (Å²) in [5.41, 5.74) is 1.80. The molecule has 1 aromatic heterocycles. The molecule has 1 aliphatic heterocycles. The van der Waals surface area contributed by atoms with Gasteiger partial charge in [-0.2, -0.15) is 0 Å². The summed E-state index contributed by atoms with van der Waals surface area (Å²) in [6.07, 6.45) is 4.65. The van der Waals surface area contributed by atoms with Gasteiger partial charge in [0.1, 0.15) is 5.78 Å². The molecule has 1 saturated heterocycles. The van der Waals surface area contributed by atoms with E-state index < -0.39 is 0 Å². The number of carbonyl (C=O) groups is 1. The van der Waals surface area contributed by atoms with E-state index in [2.05, 4.69) is 9.88 Å². The van der Waals surface area contributed by atoms with Gasteiger partial charge in [-0.15, -0.1) is 0 Å². The van der Waals surface area contributed by atoms with Crippen LogP contribution in [0.5, 0.6) is 0 Å². The Morgan fingerprint density at radius 3 is 2.73 bits per heavy atom. The summed E-state index contributed by atoms with van der Waals surface area (Å²) >= 11 is 0. The van der Waals surface area contributed by atoms with E-state index in [1.54, 1.807) is 12.4 Å². The summed E-state index contributed by atoms with van der Waals surface area (Å²) in [5.74, 6) is 0.331. The van der Waals surface area contributed by atoms with Crippen LogP contribution < -0.4 is 4.90 Å². The lowest BCUT2D eigenvalue weighted by Gasteiger charge is -2.27. The second-order valence-corrected chi connectivity index (χ2v) is 3.74. The minimum absolute atomic E-state index is 0.00755. The number of carbonyl (C=O) groups excluding carboxylic acids is 1. The van der Waals surface area contributed by atoms with Gasteiger partial charge >= 0.3 is 0 Å². The van der Waals surface area contributed by atoms with Crippen LogP contribution in [0.4, 0.5) is 5.69 Å². The van der Waals surface area contributed by atoms with Crippen molar-refractivity contribution in [2.75, 3.05) is 18.0 Å². The summed E-state index contributed by atoms with van der Waals surface area (Å²) in [5, 5.41) is 8.99. The van der Waals surface area contributed by atoms with Gasteiger partial charge in [-0.05, 0) is 11.6 Å². The Bertz CT molecular complexity index is 355. The van der Waals surface area contributed by atoms with Gasteiger partial charge in [0.25, 0.3) is 0 Å². The first-order valence-corrected chi connectivity index (χ1v) is 5.11. The molecule has 4 heteroatoms. The van der Waals surface area contributed by atoms with Gasteiger partial charge < -0.3 is 10.0 Å². The SMILES string of the molecule is O=C1CCN(c2cncc(CO)c2)CC1. The van der Waals surface area contributed by atoms with Crippen molar-refractivity contribution < 1.29 is 9.90 Å². The van der Waals surface area contributed by atoms with E-state index >= 15 is 0 Å². The van der Waals surface area contributed by atoms with Gasteiger partial charge in [-0.1, -0.05) is 0 Å². The third-order valence-corrected chi connectivity index (χ3v) is 2.65. The molecule has 0 aliphatic carbocycles. The molecule has 0 amide bonds. The molecule has 80 valence electrons. The van der Waals surface area contributed by atoms with Crippen molar-refractivity contribution in [2.45, 2.75) is 19.4 Å². The largest absolute Gasteiger partial charge is 0.392 e. The number of hydrogen-bond donors (Lipinski definition) is 1. The van der Waals surface area contributed by atoms with Crippen LogP contribution in [-0.4, -0.2) is 29.0 Å². The number of anilines is 1. The zero-order valence-corrected chi connectivity index (χ0v) is 8.52. The molecule has 1 fully saturated rings. The van der Waals surface area contributed by atoms with Crippen LogP contribution in [0.3, 0.4) is 0 Å². The molecule has 0 unspecified atom stereocenters. The summed E-state index contributed by atoms with van der Waals surface area (Å²) < 4.78 is 0. The third-order valence-electron chi connectivity index (χ3n) is 2.65. The molecule has 15 heavy (non-hydrogen) atoms. The van der Waals surface area contributed by atoms with Gasteiger partial charge in [0, 0.05) is 32.1 Å². The molecule has 2 heterocycles. The van der Waals surface area contributed by atoms with E-state index in [4.69, 9.17) is 5.11 Å². The molecule has 1 aromatic rings. The number of ketones is 1. The summed E-state index contributed by atoms with van der Waals surface area (Å²) in [4.78, 5) is 17.3. The highest BCUT2D eigenvalue weighted by atomic mass is 16.3. The molecule has 0 saturated carbocycles. The number of pyridine rings is 1. The molecule has 0 bridgehead atoms. The van der Waals surface area contributed by atoms with Crippen molar-refractivity contribution in [3.63, 3.8) is 0 Å². The van der Waals surface area contributed by atoms with Crippen molar-refractivity contribution in [3.05, 3.63) is 24.0 Å². The van der Waals surface area contributed by atoms with Crippen LogP contribution in [0.25, 0.3) is 0 Å². The number of Topliss-reactive ketones (excluding diaryl/α,β-unsaturated/α-hetero) is 1. The molecule has 1 N–H and O–H groups in total. The monoisotopic (exact) mass is 206 g/mol. The minimum Gasteiger partial charge on any atom is -0.392 e. The lowest BCUT2D eigenvalue weighted by atomic mass is 10.1. The van der Waals surface area contributed by atoms with E-state index in [0.717, 1.165) is 24.3 Å². The van der Waals surface area contributed by atoms with Crippen LogP contribution in [0.2, 0.25) is 0 Å². The topological polar surface area (TPSA) is 53.4 Å². The zero-order chi connectivity index (χ0) is 10.7. The summed E-state index contributed by atoms with van der Waals surface area (Å²) in [7, 11) is 0. The Labute approximate surface area is 88.6 Å². The highest BCUT2D eigenvalue weighted by Gasteiger charge is 2.16. The number of aliphatic hydroxyl groups excluding tert-OH is 1. The van der Waals surface area contributed by atoms with Gasteiger partial charge in [-0.3, -0.25) is 9.78 Å². The van der Waals surface area contributed by atoms with Crippen LogP contribution in [0.1, 0.15) is 18.4 Å². The first-order chi connectivity index (χ1) is 7.29. The molecule has 0 radical (unpaired) electrons. The predicted molar refractivity (Wildman–Crippen MR) is 56.6 cm³/mol. The quantitative estimate of drug-likeness (QED) is 0.775. The second kappa shape index (κ2) is 4.40. The molecule has 0 aromatic carbocycles. The Hall–Kier alpha value is -1.42. The van der Waals surface area contributed by atoms with Crippen molar-refractivity contribution in [3.8, 4) is 0 Å². The Morgan fingerprint density at radius 1 is 1.33 bits per heavy atom. The van der Waals surface area contributed by atoms with Crippen molar-refractivity contribution in [1.29, 1.82) is 0 Å². The molecule has 0 spiro atoms. The van der Waals surface area contributed by atoms with Crippen molar-refractivity contribution in [2.24, 2.45) is 0 Å². The number of aromatic nitrogens is 1.